The molecule has 0 spiro atoms. The van der Waals surface area contributed by atoms with E-state index in [-0.39, 0.29) is 18.7 Å². The minimum absolute atomic E-state index is 0.113. The summed E-state index contributed by atoms with van der Waals surface area (Å²) in [5, 5.41) is 12.6. The van der Waals surface area contributed by atoms with Crippen molar-refractivity contribution in [2.24, 2.45) is 0 Å². The van der Waals surface area contributed by atoms with Crippen LogP contribution in [-0.4, -0.2) is 91.8 Å². The van der Waals surface area contributed by atoms with Crippen LogP contribution >= 0.6 is 0 Å². The quantitative estimate of drug-likeness (QED) is 0.434. The second-order valence-corrected chi connectivity index (χ2v) is 9.02. The summed E-state index contributed by atoms with van der Waals surface area (Å²) in [5.41, 5.74) is 1.51. The Morgan fingerprint density at radius 2 is 1.56 bits per heavy atom. The van der Waals surface area contributed by atoms with Crippen LogP contribution in [0.4, 0.5) is 0 Å². The summed E-state index contributed by atoms with van der Waals surface area (Å²) in [6.07, 6.45) is 2.32. The number of nitrogens with zero attached hydrogens (tertiary/aromatic N) is 2. The predicted molar refractivity (Wildman–Crippen MR) is 126 cm³/mol. The Morgan fingerprint density at radius 3 is 2.32 bits per heavy atom. The molecule has 3 aliphatic rings. The van der Waals surface area contributed by atoms with Gasteiger partial charge in [0.1, 0.15) is 6.04 Å². The number of hydrogen-bond donors (Lipinski definition) is 4. The smallest absolute Gasteiger partial charge is 0.262 e. The molecule has 0 radical (unpaired) electrons. The second-order valence-electron chi connectivity index (χ2n) is 9.02. The van der Waals surface area contributed by atoms with Crippen LogP contribution in [0.25, 0.3) is 0 Å². The lowest BCUT2D eigenvalue weighted by Crippen LogP contribution is -2.54. The van der Waals surface area contributed by atoms with Gasteiger partial charge in [-0.15, -0.1) is 0 Å². The van der Waals surface area contributed by atoms with Crippen LogP contribution in [0.5, 0.6) is 0 Å². The zero-order valence-corrected chi connectivity index (χ0v) is 19.5. The first-order chi connectivity index (χ1) is 16.6. The number of carbonyl (C=O) groups excluding carboxylic acids is 4. The maximum Gasteiger partial charge on any atom is 0.262 e. The monoisotopic (exact) mass is 470 g/mol. The first-order valence-corrected chi connectivity index (χ1v) is 12.2. The number of hydrogen-bond acceptors (Lipinski definition) is 8. The first-order valence-electron chi connectivity index (χ1n) is 12.2. The van der Waals surface area contributed by atoms with Gasteiger partial charge in [-0.25, -0.2) is 0 Å². The minimum atomic E-state index is -0.947. The maximum absolute atomic E-state index is 13.4. The zero-order valence-electron chi connectivity index (χ0n) is 19.5. The summed E-state index contributed by atoms with van der Waals surface area (Å²) < 4.78 is 0. The Hall–Kier alpha value is -2.66. The normalized spacial score (nSPS) is 24.0. The average molecular weight is 471 g/mol. The molecule has 1 aromatic rings. The third-order valence-electron chi connectivity index (χ3n) is 6.57. The van der Waals surface area contributed by atoms with Gasteiger partial charge in [0.15, 0.2) is 0 Å². The van der Waals surface area contributed by atoms with E-state index in [0.717, 1.165) is 75.7 Å². The molecule has 1 unspecified atom stereocenters. The van der Waals surface area contributed by atoms with E-state index in [2.05, 4.69) is 26.2 Å². The molecule has 0 aromatic heterocycles. The molecule has 184 valence electrons. The highest BCUT2D eigenvalue weighted by Gasteiger charge is 2.45. The number of piperidine rings is 1. The number of benzene rings is 1. The number of carbonyl (C=O) groups is 4. The summed E-state index contributed by atoms with van der Waals surface area (Å²) in [6, 6.07) is 4.38. The summed E-state index contributed by atoms with van der Waals surface area (Å²) in [7, 11) is 0. The summed E-state index contributed by atoms with van der Waals surface area (Å²) in [4.78, 5) is 53.7. The van der Waals surface area contributed by atoms with Crippen molar-refractivity contribution in [2.75, 3.05) is 52.4 Å². The van der Waals surface area contributed by atoms with Gasteiger partial charge in [0, 0.05) is 39.1 Å². The standard InChI is InChI=1S/C24H34N6O4/c31-20-7-6-19(22(32)28-20)30-23(33)18-5-1-4-17(21(18)24(30)34)16-29-14-3-10-26-12-11-25-8-2-9-27-13-15-29/h1,4-5,19,25-27H,2-3,6-16H2,(H,28,31,32). The van der Waals surface area contributed by atoms with Gasteiger partial charge in [0.05, 0.1) is 11.1 Å². The van der Waals surface area contributed by atoms with Gasteiger partial charge in [-0.05, 0) is 57.1 Å². The van der Waals surface area contributed by atoms with Crippen molar-refractivity contribution in [2.45, 2.75) is 38.3 Å². The Kier molecular flexibility index (Phi) is 8.39. The molecule has 10 heteroatoms. The molecule has 1 atom stereocenters. The van der Waals surface area contributed by atoms with Crippen molar-refractivity contribution in [1.29, 1.82) is 0 Å². The highest BCUT2D eigenvalue weighted by Crippen LogP contribution is 2.30. The van der Waals surface area contributed by atoms with Crippen molar-refractivity contribution in [3.63, 3.8) is 0 Å². The molecule has 4 N–H and O–H groups in total. The number of rotatable bonds is 3. The van der Waals surface area contributed by atoms with Gasteiger partial charge in [-0.2, -0.15) is 0 Å². The number of nitrogens with one attached hydrogen (secondary N) is 4. The van der Waals surface area contributed by atoms with Gasteiger partial charge in [-0.1, -0.05) is 12.1 Å². The first kappa shape index (κ1) is 24.5. The Bertz CT molecular complexity index is 922. The van der Waals surface area contributed by atoms with E-state index in [4.69, 9.17) is 0 Å². The fraction of sp³-hybridized carbons (Fsp3) is 0.583. The number of fused-ring (bicyclic) bond motifs is 1. The van der Waals surface area contributed by atoms with E-state index in [9.17, 15) is 19.2 Å². The SMILES string of the molecule is O=C1CCC(N2C(=O)c3cccc(CN4CCCNCCNCCCNCC4)c3C2=O)C(=O)N1. The minimum Gasteiger partial charge on any atom is -0.315 e. The van der Waals surface area contributed by atoms with E-state index < -0.39 is 23.8 Å². The van der Waals surface area contributed by atoms with Crippen LogP contribution in [0.3, 0.4) is 0 Å². The number of amides is 4. The van der Waals surface area contributed by atoms with E-state index in [1.54, 1.807) is 12.1 Å². The average Bonchev–Trinajstić information content (AvgIpc) is 3.07. The summed E-state index contributed by atoms with van der Waals surface area (Å²) in [6.45, 7) is 7.84. The van der Waals surface area contributed by atoms with Gasteiger partial charge in [-0.3, -0.25) is 34.3 Å². The Morgan fingerprint density at radius 1 is 0.824 bits per heavy atom. The van der Waals surface area contributed by atoms with Crippen molar-refractivity contribution < 1.29 is 19.2 Å². The molecule has 4 rings (SSSR count). The van der Waals surface area contributed by atoms with Gasteiger partial charge < -0.3 is 16.0 Å². The second kappa shape index (κ2) is 11.7. The molecule has 2 saturated heterocycles. The molecule has 4 amide bonds. The third-order valence-corrected chi connectivity index (χ3v) is 6.57. The lowest BCUT2D eigenvalue weighted by Gasteiger charge is -2.28. The Labute approximate surface area is 199 Å². The van der Waals surface area contributed by atoms with E-state index in [1.165, 1.54) is 0 Å². The Balaban J connectivity index is 1.48. The molecule has 2 fully saturated rings. The molecule has 0 bridgehead atoms. The molecular formula is C24H34N6O4. The lowest BCUT2D eigenvalue weighted by molar-refractivity contribution is -0.136. The summed E-state index contributed by atoms with van der Waals surface area (Å²) >= 11 is 0. The largest absolute Gasteiger partial charge is 0.315 e. The van der Waals surface area contributed by atoms with Gasteiger partial charge in [0.25, 0.3) is 11.8 Å². The van der Waals surface area contributed by atoms with Crippen molar-refractivity contribution in [3.8, 4) is 0 Å². The number of imide groups is 2. The van der Waals surface area contributed by atoms with Crippen LogP contribution in [0.2, 0.25) is 0 Å². The van der Waals surface area contributed by atoms with Crippen molar-refractivity contribution in [3.05, 3.63) is 34.9 Å². The van der Waals surface area contributed by atoms with E-state index in [1.807, 2.05) is 6.07 Å². The fourth-order valence-corrected chi connectivity index (χ4v) is 4.78. The molecule has 0 saturated carbocycles. The highest BCUT2D eigenvalue weighted by molar-refractivity contribution is 6.24. The molecule has 0 aliphatic carbocycles. The van der Waals surface area contributed by atoms with E-state index in [0.29, 0.717) is 17.7 Å². The molecule has 3 aliphatic heterocycles. The van der Waals surface area contributed by atoms with E-state index >= 15 is 0 Å². The fourth-order valence-electron chi connectivity index (χ4n) is 4.78. The van der Waals surface area contributed by atoms with Crippen molar-refractivity contribution in [1.82, 2.24) is 31.1 Å². The lowest BCUT2D eigenvalue weighted by atomic mass is 10.0. The molecule has 10 nitrogen and oxygen atoms in total. The molecule has 1 aromatic carbocycles. The van der Waals surface area contributed by atoms with Crippen LogP contribution in [0, 0.1) is 0 Å². The highest BCUT2D eigenvalue weighted by atomic mass is 16.2. The van der Waals surface area contributed by atoms with Crippen LogP contribution in [0.1, 0.15) is 52.0 Å². The van der Waals surface area contributed by atoms with Gasteiger partial charge in [0.2, 0.25) is 11.8 Å². The molecule has 3 heterocycles. The molecule has 34 heavy (non-hydrogen) atoms. The summed E-state index contributed by atoms with van der Waals surface area (Å²) in [5.74, 6) is -1.87. The van der Waals surface area contributed by atoms with Crippen molar-refractivity contribution >= 4 is 23.6 Å². The predicted octanol–water partition coefficient (Wildman–Crippen LogP) is -0.548. The van der Waals surface area contributed by atoms with Crippen LogP contribution in [0.15, 0.2) is 18.2 Å². The zero-order chi connectivity index (χ0) is 23.9. The van der Waals surface area contributed by atoms with Gasteiger partial charge >= 0.3 is 0 Å². The van der Waals surface area contributed by atoms with Crippen LogP contribution < -0.4 is 21.3 Å². The maximum atomic E-state index is 13.4. The topological polar surface area (TPSA) is 123 Å². The van der Waals surface area contributed by atoms with Crippen LogP contribution in [-0.2, 0) is 16.1 Å². The molecular weight excluding hydrogens is 436 g/mol. The third kappa shape index (κ3) is 5.69.